The fourth-order valence-corrected chi connectivity index (χ4v) is 5.92. The molecular weight excluding hydrogens is 389 g/mol. The van der Waals surface area contributed by atoms with Crippen LogP contribution in [0.2, 0.25) is 0 Å². The van der Waals surface area contributed by atoms with Gasteiger partial charge < -0.3 is 4.74 Å². The van der Waals surface area contributed by atoms with E-state index in [1.807, 2.05) is 19.1 Å². The molecule has 0 amide bonds. The van der Waals surface area contributed by atoms with Crippen molar-refractivity contribution in [2.45, 2.75) is 34.8 Å². The summed E-state index contributed by atoms with van der Waals surface area (Å²) in [6, 6.07) is 9.88. The lowest BCUT2D eigenvalue weighted by atomic mass is 10.2. The highest BCUT2D eigenvalue weighted by Crippen LogP contribution is 2.44. The molecule has 1 unspecified atom stereocenters. The molecule has 0 heterocycles. The van der Waals surface area contributed by atoms with Crippen molar-refractivity contribution in [1.82, 2.24) is 0 Å². The largest absolute Gasteiger partial charge is 0.465 e. The van der Waals surface area contributed by atoms with Gasteiger partial charge in [0.05, 0.1) is 23.3 Å². The molecule has 2 aromatic carbocycles. The smallest absolute Gasteiger partial charge is 0.339 e. The maximum atomic E-state index is 13.6. The van der Waals surface area contributed by atoms with E-state index in [1.165, 1.54) is 38.2 Å². The number of nitrogens with one attached hydrogen (secondary N) is 1. The van der Waals surface area contributed by atoms with Crippen LogP contribution < -0.4 is 4.72 Å². The molecule has 1 fully saturated rings. The molecular formula is C19H20FNO4S2. The zero-order chi connectivity index (χ0) is 19.6. The Balaban J connectivity index is 1.89. The number of methoxy groups -OCH3 is 1. The summed E-state index contributed by atoms with van der Waals surface area (Å²) >= 11 is 0. The molecule has 27 heavy (non-hydrogen) atoms. The monoisotopic (exact) mass is 409 g/mol. The number of hydrogen-bond acceptors (Lipinski definition) is 4. The van der Waals surface area contributed by atoms with Crippen molar-refractivity contribution in [3.05, 3.63) is 53.8 Å². The zero-order valence-corrected chi connectivity index (χ0v) is 16.6. The standard InChI is InChI=1S/C19H20FNO4S2/c1-3-26(14-5-6-14)15-7-9-16(10-8-15)27(23,24)21-18-12-13(20)4-11-17(18)19(22)25-2/h3-4,7-12,14,21H,5-6H2,1-2H3. The highest BCUT2D eigenvalue weighted by atomic mass is 32.2. The Kier molecular flexibility index (Phi) is 5.67. The number of halogens is 1. The van der Waals surface area contributed by atoms with Gasteiger partial charge in [0.15, 0.2) is 0 Å². The molecule has 0 saturated heterocycles. The second-order valence-corrected chi connectivity index (χ2v) is 10.1. The van der Waals surface area contributed by atoms with Gasteiger partial charge >= 0.3 is 5.97 Å². The van der Waals surface area contributed by atoms with E-state index in [2.05, 4.69) is 14.8 Å². The van der Waals surface area contributed by atoms with Crippen LogP contribution in [0, 0.1) is 5.82 Å². The number of rotatable bonds is 6. The predicted molar refractivity (Wildman–Crippen MR) is 106 cm³/mol. The third-order valence-electron chi connectivity index (χ3n) is 4.17. The SMILES string of the molecule is C/C=S(/c1ccc(S(=O)(=O)Nc2cc(F)ccc2C(=O)OC)cc1)C1CC1. The van der Waals surface area contributed by atoms with Crippen molar-refractivity contribution < 1.29 is 22.3 Å². The molecule has 0 aromatic heterocycles. The summed E-state index contributed by atoms with van der Waals surface area (Å²) in [5.74, 6) is -1.42. The van der Waals surface area contributed by atoms with Crippen molar-refractivity contribution in [3.8, 4) is 0 Å². The molecule has 0 aliphatic heterocycles. The molecule has 0 bridgehead atoms. The van der Waals surface area contributed by atoms with Crippen molar-refractivity contribution in [2.24, 2.45) is 0 Å². The Morgan fingerprint density at radius 1 is 1.22 bits per heavy atom. The fraction of sp³-hybridized carbons (Fsp3) is 0.263. The van der Waals surface area contributed by atoms with Crippen molar-refractivity contribution >= 4 is 37.5 Å². The van der Waals surface area contributed by atoms with Crippen molar-refractivity contribution in [1.29, 1.82) is 0 Å². The summed E-state index contributed by atoms with van der Waals surface area (Å²) < 4.78 is 45.8. The minimum Gasteiger partial charge on any atom is -0.465 e. The summed E-state index contributed by atoms with van der Waals surface area (Å²) in [7, 11) is -2.78. The first kappa shape index (κ1) is 19.6. The molecule has 1 aliphatic carbocycles. The van der Waals surface area contributed by atoms with Gasteiger partial charge in [-0.2, -0.15) is 10.5 Å². The van der Waals surface area contributed by atoms with E-state index in [9.17, 15) is 17.6 Å². The lowest BCUT2D eigenvalue weighted by molar-refractivity contribution is 0.0602. The first-order chi connectivity index (χ1) is 12.9. The third kappa shape index (κ3) is 4.39. The third-order valence-corrected chi connectivity index (χ3v) is 8.07. The minimum absolute atomic E-state index is 0.0264. The van der Waals surface area contributed by atoms with Gasteiger partial charge in [-0.3, -0.25) is 4.72 Å². The highest BCUT2D eigenvalue weighted by Gasteiger charge is 2.26. The van der Waals surface area contributed by atoms with Crippen molar-refractivity contribution in [3.63, 3.8) is 0 Å². The van der Waals surface area contributed by atoms with Gasteiger partial charge in [-0.05, 0) is 62.2 Å². The van der Waals surface area contributed by atoms with Crippen molar-refractivity contribution in [2.75, 3.05) is 11.8 Å². The van der Waals surface area contributed by atoms with Gasteiger partial charge in [0.1, 0.15) is 5.82 Å². The van der Waals surface area contributed by atoms with Gasteiger partial charge in [-0.25, -0.2) is 17.6 Å². The lowest BCUT2D eigenvalue weighted by Crippen LogP contribution is -2.16. The van der Waals surface area contributed by atoms with Crippen LogP contribution in [-0.2, 0) is 14.8 Å². The minimum atomic E-state index is -3.98. The summed E-state index contributed by atoms with van der Waals surface area (Å²) in [6.07, 6.45) is 2.40. The number of carbonyl (C=O) groups is 1. The first-order valence-electron chi connectivity index (χ1n) is 8.38. The van der Waals surface area contributed by atoms with Crippen LogP contribution in [-0.4, -0.2) is 32.1 Å². The Morgan fingerprint density at radius 2 is 1.89 bits per heavy atom. The van der Waals surface area contributed by atoms with E-state index in [0.29, 0.717) is 5.25 Å². The van der Waals surface area contributed by atoms with E-state index in [0.717, 1.165) is 17.0 Å². The average molecular weight is 410 g/mol. The maximum Gasteiger partial charge on any atom is 0.339 e. The lowest BCUT2D eigenvalue weighted by Gasteiger charge is -2.13. The Bertz CT molecular complexity index is 997. The maximum absolute atomic E-state index is 13.6. The quantitative estimate of drug-likeness (QED) is 0.578. The van der Waals surface area contributed by atoms with E-state index in [4.69, 9.17) is 0 Å². The Labute approximate surface area is 160 Å². The van der Waals surface area contributed by atoms with Gasteiger partial charge in [-0.1, -0.05) is 5.37 Å². The van der Waals surface area contributed by atoms with Crippen LogP contribution in [0.5, 0.6) is 0 Å². The number of benzene rings is 2. The predicted octanol–water partition coefficient (Wildman–Crippen LogP) is 4.03. The fourth-order valence-electron chi connectivity index (χ4n) is 2.71. The van der Waals surface area contributed by atoms with Crippen LogP contribution in [0.4, 0.5) is 10.1 Å². The number of hydrogen-bond donors (Lipinski definition) is 1. The summed E-state index contributed by atoms with van der Waals surface area (Å²) in [5, 5.41) is 2.82. The second-order valence-electron chi connectivity index (χ2n) is 6.07. The van der Waals surface area contributed by atoms with Gasteiger partial charge in [0.2, 0.25) is 0 Å². The Hall–Kier alpha value is -2.19. The van der Waals surface area contributed by atoms with Crippen LogP contribution in [0.15, 0.2) is 52.3 Å². The number of esters is 1. The molecule has 1 atom stereocenters. The Morgan fingerprint density at radius 3 is 2.44 bits per heavy atom. The first-order valence-corrected chi connectivity index (χ1v) is 11.2. The van der Waals surface area contributed by atoms with Crippen LogP contribution in [0.1, 0.15) is 30.1 Å². The van der Waals surface area contributed by atoms with Crippen LogP contribution in [0.25, 0.3) is 0 Å². The topological polar surface area (TPSA) is 72.5 Å². The van der Waals surface area contributed by atoms with Gasteiger partial charge in [-0.15, -0.1) is 0 Å². The number of ether oxygens (including phenoxy) is 1. The normalized spacial score (nSPS) is 15.4. The molecule has 0 radical (unpaired) electrons. The number of sulfonamides is 1. The molecule has 1 N–H and O–H groups in total. The number of anilines is 1. The van der Waals surface area contributed by atoms with E-state index in [1.54, 1.807) is 0 Å². The van der Waals surface area contributed by atoms with Gasteiger partial charge in [0.25, 0.3) is 10.0 Å². The second kappa shape index (κ2) is 7.82. The molecule has 144 valence electrons. The highest BCUT2D eigenvalue weighted by molar-refractivity contribution is 8.15. The molecule has 8 heteroatoms. The summed E-state index contributed by atoms with van der Waals surface area (Å²) in [6.45, 7) is 2.02. The molecule has 3 rings (SSSR count). The average Bonchev–Trinajstić information content (AvgIpc) is 3.47. The molecule has 0 spiro atoms. The van der Waals surface area contributed by atoms with Crippen LogP contribution >= 0.6 is 10.5 Å². The summed E-state index contributed by atoms with van der Waals surface area (Å²) in [4.78, 5) is 12.9. The van der Waals surface area contributed by atoms with Crippen LogP contribution in [0.3, 0.4) is 0 Å². The summed E-state index contributed by atoms with van der Waals surface area (Å²) in [5.41, 5.74) is -0.222. The van der Waals surface area contributed by atoms with Gasteiger partial charge in [0, 0.05) is 10.1 Å². The molecule has 5 nitrogen and oxygen atoms in total. The van der Waals surface area contributed by atoms with E-state index >= 15 is 0 Å². The van der Waals surface area contributed by atoms with E-state index < -0.39 is 21.8 Å². The molecule has 1 aliphatic rings. The molecule has 1 saturated carbocycles. The van der Waals surface area contributed by atoms with E-state index in [-0.39, 0.29) is 26.6 Å². The molecule has 2 aromatic rings. The number of carbonyl (C=O) groups excluding carboxylic acids is 1. The zero-order valence-electron chi connectivity index (χ0n) is 14.9.